The van der Waals surface area contributed by atoms with Gasteiger partial charge in [0.1, 0.15) is 49.0 Å². The van der Waals surface area contributed by atoms with Crippen molar-refractivity contribution in [3.05, 3.63) is 74.7 Å². The van der Waals surface area contributed by atoms with Crippen LogP contribution in [0.3, 0.4) is 0 Å². The first-order valence-corrected chi connectivity index (χ1v) is 19.1. The predicted octanol–water partition coefficient (Wildman–Crippen LogP) is 8.72. The van der Waals surface area contributed by atoms with Crippen LogP contribution in [-0.2, 0) is 6.42 Å². The van der Waals surface area contributed by atoms with Crippen molar-refractivity contribution in [1.29, 1.82) is 10.5 Å². The molecule has 4 heterocycles. The molecule has 0 spiro atoms. The highest BCUT2D eigenvalue weighted by Gasteiger charge is 2.23. The summed E-state index contributed by atoms with van der Waals surface area (Å²) in [5.41, 5.74) is 3.85. The van der Waals surface area contributed by atoms with Crippen LogP contribution in [0.4, 0.5) is 11.6 Å². The van der Waals surface area contributed by atoms with Crippen LogP contribution in [-0.4, -0.2) is 67.4 Å². The molecule has 2 aromatic carbocycles. The van der Waals surface area contributed by atoms with Gasteiger partial charge in [-0.05, 0) is 70.4 Å². The minimum atomic E-state index is 0.516. The molecule has 53 heavy (non-hydrogen) atoms. The highest BCUT2D eigenvalue weighted by molar-refractivity contribution is 7.19. The van der Waals surface area contributed by atoms with Crippen LogP contribution in [0.2, 0.25) is 0 Å². The summed E-state index contributed by atoms with van der Waals surface area (Å²) >= 11 is 2.85. The molecule has 0 amide bonds. The lowest BCUT2D eigenvalue weighted by molar-refractivity contribution is 0.324. The van der Waals surface area contributed by atoms with Crippen LogP contribution in [0.25, 0.3) is 31.8 Å². The van der Waals surface area contributed by atoms with Gasteiger partial charge in [-0.15, -0.1) is 22.7 Å². The molecule has 0 radical (unpaired) electrons. The zero-order valence-electron chi connectivity index (χ0n) is 31.7. The summed E-state index contributed by atoms with van der Waals surface area (Å²) in [5, 5.41) is 20.8. The van der Waals surface area contributed by atoms with Crippen molar-refractivity contribution in [1.82, 2.24) is 19.9 Å². The molecule has 0 aliphatic heterocycles. The van der Waals surface area contributed by atoms with Gasteiger partial charge in [0.05, 0.1) is 32.1 Å². The average Bonchev–Trinajstić information content (AvgIpc) is 3.70. The number of ether oxygens (including phenoxy) is 3. The minimum Gasteiger partial charge on any atom is -0.493 e. The van der Waals surface area contributed by atoms with Crippen molar-refractivity contribution >= 4 is 54.7 Å². The van der Waals surface area contributed by atoms with E-state index in [9.17, 15) is 10.5 Å². The first-order chi connectivity index (χ1) is 25.7. The Morgan fingerprint density at radius 1 is 0.660 bits per heavy atom. The Morgan fingerprint density at radius 2 is 1.15 bits per heavy atom. The minimum absolute atomic E-state index is 0.516. The molecular weight excluding hydrogens is 705 g/mol. The van der Waals surface area contributed by atoms with Crippen LogP contribution >= 0.6 is 22.7 Å². The lowest BCUT2D eigenvalue weighted by Crippen LogP contribution is -2.24. The summed E-state index contributed by atoms with van der Waals surface area (Å²) in [6.45, 7) is 15.7. The van der Waals surface area contributed by atoms with E-state index in [0.29, 0.717) is 34.4 Å². The number of rotatable bonds is 12. The first-order valence-electron chi connectivity index (χ1n) is 17.5. The molecule has 6 rings (SSSR count). The van der Waals surface area contributed by atoms with E-state index >= 15 is 0 Å². The summed E-state index contributed by atoms with van der Waals surface area (Å²) in [7, 11) is 4.72. The summed E-state index contributed by atoms with van der Waals surface area (Å²) < 4.78 is 16.4. The summed E-state index contributed by atoms with van der Waals surface area (Å²) in [4.78, 5) is 26.8. The van der Waals surface area contributed by atoms with Gasteiger partial charge >= 0.3 is 0 Å². The van der Waals surface area contributed by atoms with E-state index in [1.165, 1.54) is 28.2 Å². The van der Waals surface area contributed by atoms with Crippen molar-refractivity contribution in [2.75, 3.05) is 57.3 Å². The van der Waals surface area contributed by atoms with Crippen LogP contribution < -0.4 is 24.0 Å². The highest BCUT2D eigenvalue weighted by Crippen LogP contribution is 2.42. The third-order valence-electron chi connectivity index (χ3n) is 9.05. The zero-order valence-corrected chi connectivity index (χ0v) is 33.3. The molecule has 0 N–H and O–H groups in total. The van der Waals surface area contributed by atoms with Crippen molar-refractivity contribution in [2.45, 2.75) is 48.0 Å². The molecule has 0 aliphatic rings. The molecule has 13 heteroatoms. The van der Waals surface area contributed by atoms with Gasteiger partial charge in [-0.25, -0.2) is 19.9 Å². The Labute approximate surface area is 319 Å². The van der Waals surface area contributed by atoms with Crippen LogP contribution in [0.15, 0.2) is 42.5 Å². The second-order valence-corrected chi connectivity index (χ2v) is 13.9. The predicted molar refractivity (Wildman–Crippen MR) is 215 cm³/mol. The number of thiophene rings is 2. The fraction of sp³-hybridized carbons (Fsp3) is 0.350. The number of hydrogen-bond donors (Lipinski definition) is 0. The number of aromatic nitrogens is 4. The van der Waals surface area contributed by atoms with E-state index in [2.05, 4.69) is 61.8 Å². The average molecular weight is 749 g/mol. The summed E-state index contributed by atoms with van der Waals surface area (Å²) in [6.07, 6.45) is 0.698. The van der Waals surface area contributed by atoms with E-state index in [1.54, 1.807) is 21.3 Å². The Morgan fingerprint density at radius 3 is 1.60 bits per heavy atom. The van der Waals surface area contributed by atoms with E-state index < -0.39 is 0 Å². The second-order valence-electron chi connectivity index (χ2n) is 12.0. The molecule has 0 saturated carbocycles. The molecule has 0 unspecified atom stereocenters. The zero-order chi connectivity index (χ0) is 38.2. The number of fused-ring (bicyclic) bond motifs is 2. The van der Waals surface area contributed by atoms with Gasteiger partial charge < -0.3 is 24.0 Å². The van der Waals surface area contributed by atoms with Crippen molar-refractivity contribution in [3.63, 3.8) is 0 Å². The number of benzene rings is 2. The Kier molecular flexibility index (Phi) is 12.7. The van der Waals surface area contributed by atoms with Crippen LogP contribution in [0.1, 0.15) is 60.0 Å². The van der Waals surface area contributed by atoms with E-state index in [0.717, 1.165) is 85.6 Å². The number of aryl methyl sites for hydroxylation is 2. The second kappa shape index (κ2) is 17.3. The molecule has 0 fully saturated rings. The molecule has 0 atom stereocenters. The molecule has 6 aromatic rings. The van der Waals surface area contributed by atoms with E-state index in [-0.39, 0.29) is 0 Å². The van der Waals surface area contributed by atoms with Gasteiger partial charge in [-0.3, -0.25) is 0 Å². The van der Waals surface area contributed by atoms with E-state index in [4.69, 9.17) is 34.1 Å². The fourth-order valence-electron chi connectivity index (χ4n) is 6.19. The maximum Gasteiger partial charge on any atom is 0.203 e. The molecule has 274 valence electrons. The van der Waals surface area contributed by atoms with Gasteiger partial charge in [0, 0.05) is 38.2 Å². The Bertz CT molecular complexity index is 2270. The Hall–Kier alpha value is -5.50. The molecule has 0 aliphatic carbocycles. The third kappa shape index (κ3) is 7.82. The highest BCUT2D eigenvalue weighted by atomic mass is 32.1. The smallest absolute Gasteiger partial charge is 0.203 e. The number of nitriles is 2. The van der Waals surface area contributed by atoms with Gasteiger partial charge in [-0.2, -0.15) is 10.5 Å². The largest absolute Gasteiger partial charge is 0.493 e. The lowest BCUT2D eigenvalue weighted by Gasteiger charge is -2.22. The number of hydrogen-bond acceptors (Lipinski definition) is 13. The molecule has 0 bridgehead atoms. The maximum absolute atomic E-state index is 9.50. The third-order valence-corrected chi connectivity index (χ3v) is 11.2. The van der Waals surface area contributed by atoms with Gasteiger partial charge in [0.15, 0.2) is 17.3 Å². The van der Waals surface area contributed by atoms with Crippen molar-refractivity contribution in [2.24, 2.45) is 0 Å². The molecule has 0 saturated heterocycles. The number of methoxy groups -OCH3 is 3. The van der Waals surface area contributed by atoms with Crippen molar-refractivity contribution < 1.29 is 14.2 Å². The fourth-order valence-corrected chi connectivity index (χ4v) is 8.16. The monoisotopic (exact) mass is 748 g/mol. The summed E-state index contributed by atoms with van der Waals surface area (Å²) in [5.74, 6) is 4.73. The molecular formula is C40H44N8O3S2. The number of anilines is 2. The number of nitrogens with zero attached hydrogens (tertiary/aromatic N) is 8. The quantitative estimate of drug-likeness (QED) is 0.119. The Balaban J connectivity index is 0.000000208. The molecule has 4 aromatic heterocycles. The molecule has 11 nitrogen and oxygen atoms in total. The SMILES string of the molecule is CCN(CC)c1nc(-c2cc(OC)c(OC)c(OC)c2)nc2sc(C#N)c(C)c12.CCN(CC)c1nc(Cc2ccccc2)nc2sc(C#N)c(C)c12. The topological polar surface area (TPSA) is 133 Å². The standard InChI is InChI=1S/C21H24N4O3S.C19H20N4S/c1-7-25(8-2)20-17-12(3)16(11-22)29-21(17)24-19(23-20)13-9-14(26-4)18(28-6)15(10-13)27-5;1-4-23(5-2)18-17-13(3)15(12-20)24-19(17)22-16(21-18)11-14-9-7-6-8-10-14/h9-10H,7-8H2,1-6H3;6-10H,4-5,11H2,1-3H3. The lowest BCUT2D eigenvalue weighted by atomic mass is 10.1. The van der Waals surface area contributed by atoms with Gasteiger partial charge in [0.25, 0.3) is 0 Å². The van der Waals surface area contributed by atoms with Gasteiger partial charge in [0.2, 0.25) is 5.75 Å². The summed E-state index contributed by atoms with van der Waals surface area (Å²) in [6, 6.07) is 18.5. The van der Waals surface area contributed by atoms with Crippen molar-refractivity contribution in [3.8, 4) is 40.8 Å². The normalized spacial score (nSPS) is 10.7. The van der Waals surface area contributed by atoms with Crippen LogP contribution in [0.5, 0.6) is 17.2 Å². The maximum atomic E-state index is 9.50. The van der Waals surface area contributed by atoms with E-state index in [1.807, 2.05) is 44.2 Å². The first kappa shape index (κ1) is 38.7. The van der Waals surface area contributed by atoms with Gasteiger partial charge in [-0.1, -0.05) is 30.3 Å². The van der Waals surface area contributed by atoms with Crippen LogP contribution in [0, 0.1) is 36.5 Å².